The van der Waals surface area contributed by atoms with Gasteiger partial charge >= 0.3 is 5.97 Å². The molecule has 0 aromatic heterocycles. The van der Waals surface area contributed by atoms with Gasteiger partial charge in [0.15, 0.2) is 5.78 Å². The number of Topliss-reactive ketones (excluding diaryl/α,β-unsaturated/α-hetero) is 1. The van der Waals surface area contributed by atoms with Crippen molar-refractivity contribution in [1.29, 1.82) is 0 Å². The fraction of sp³-hybridized carbons (Fsp3) is 0.429. The minimum Gasteiger partial charge on any atom is -0.468 e. The van der Waals surface area contributed by atoms with Gasteiger partial charge in [0, 0.05) is 5.56 Å². The highest BCUT2D eigenvalue weighted by molar-refractivity contribution is 6.14. The van der Waals surface area contributed by atoms with E-state index in [0.29, 0.717) is 18.4 Å². The van der Waals surface area contributed by atoms with Crippen LogP contribution in [0.4, 0.5) is 0 Å². The molecule has 0 saturated heterocycles. The van der Waals surface area contributed by atoms with Crippen molar-refractivity contribution in [3.8, 4) is 0 Å². The molecule has 0 bridgehead atoms. The lowest BCUT2D eigenvalue weighted by atomic mass is 9.69. The summed E-state index contributed by atoms with van der Waals surface area (Å²) in [5.41, 5.74) is 0.736. The Bertz CT molecular complexity index is 464. The summed E-state index contributed by atoms with van der Waals surface area (Å²) in [6, 6.07) is 7.50. The van der Waals surface area contributed by atoms with Crippen LogP contribution in [0.3, 0.4) is 0 Å². The van der Waals surface area contributed by atoms with Crippen LogP contribution >= 0.6 is 0 Å². The predicted molar refractivity (Wildman–Crippen MR) is 63.8 cm³/mol. The lowest BCUT2D eigenvalue weighted by Crippen LogP contribution is -2.43. The maximum atomic E-state index is 12.5. The van der Waals surface area contributed by atoms with E-state index >= 15 is 0 Å². The zero-order chi connectivity index (χ0) is 12.5. The summed E-state index contributed by atoms with van der Waals surface area (Å²) in [4.78, 5) is 24.4. The van der Waals surface area contributed by atoms with E-state index in [4.69, 9.17) is 4.74 Å². The maximum absolute atomic E-state index is 12.5. The molecule has 0 unspecified atom stereocenters. The highest BCUT2D eigenvalue weighted by Gasteiger charge is 2.48. The highest BCUT2D eigenvalue weighted by atomic mass is 16.5. The molecule has 3 heteroatoms. The van der Waals surface area contributed by atoms with Crippen molar-refractivity contribution < 1.29 is 14.3 Å². The third-order valence-corrected chi connectivity index (χ3v) is 3.70. The first kappa shape index (κ1) is 11.8. The van der Waals surface area contributed by atoms with E-state index in [2.05, 4.69) is 0 Å². The summed E-state index contributed by atoms with van der Waals surface area (Å²) >= 11 is 0. The number of hydrogen-bond acceptors (Lipinski definition) is 3. The summed E-state index contributed by atoms with van der Waals surface area (Å²) in [6.07, 6.45) is 1.80. The number of methoxy groups -OCH3 is 1. The average molecular weight is 232 g/mol. The fourth-order valence-electron chi connectivity index (χ4n) is 2.55. The van der Waals surface area contributed by atoms with Crippen LogP contribution in [0.5, 0.6) is 0 Å². The van der Waals surface area contributed by atoms with Gasteiger partial charge in [-0.05, 0) is 24.8 Å². The summed E-state index contributed by atoms with van der Waals surface area (Å²) in [7, 11) is 1.34. The van der Waals surface area contributed by atoms with Gasteiger partial charge in [0.2, 0.25) is 0 Å². The second-order valence-corrected chi connectivity index (χ2v) is 4.41. The Kier molecular flexibility index (Phi) is 3.01. The Morgan fingerprint density at radius 2 is 2.12 bits per heavy atom. The average Bonchev–Trinajstić information content (AvgIpc) is 2.39. The molecule has 0 N–H and O–H groups in total. The fourth-order valence-corrected chi connectivity index (χ4v) is 2.55. The number of benzene rings is 1. The third-order valence-electron chi connectivity index (χ3n) is 3.70. The largest absolute Gasteiger partial charge is 0.468 e. The molecule has 0 heterocycles. The Balaban J connectivity index is 2.49. The Labute approximate surface area is 101 Å². The highest BCUT2D eigenvalue weighted by Crippen LogP contribution is 2.39. The summed E-state index contributed by atoms with van der Waals surface area (Å²) in [5, 5.41) is 0. The maximum Gasteiger partial charge on any atom is 0.319 e. The summed E-state index contributed by atoms with van der Waals surface area (Å²) < 4.78 is 4.81. The van der Waals surface area contributed by atoms with Gasteiger partial charge < -0.3 is 4.74 Å². The molecule has 2 rings (SSSR count). The molecule has 0 fully saturated rings. The monoisotopic (exact) mass is 232 g/mol. The van der Waals surface area contributed by atoms with Crippen LogP contribution < -0.4 is 0 Å². The van der Waals surface area contributed by atoms with Crippen LogP contribution in [0.2, 0.25) is 0 Å². The Morgan fingerprint density at radius 3 is 2.76 bits per heavy atom. The van der Waals surface area contributed by atoms with Gasteiger partial charge in [0.05, 0.1) is 7.11 Å². The van der Waals surface area contributed by atoms with Gasteiger partial charge in [0.25, 0.3) is 0 Å². The number of esters is 1. The molecule has 3 nitrogen and oxygen atoms in total. The third kappa shape index (κ3) is 1.66. The van der Waals surface area contributed by atoms with E-state index in [-0.39, 0.29) is 5.78 Å². The quantitative estimate of drug-likeness (QED) is 0.581. The van der Waals surface area contributed by atoms with Crippen molar-refractivity contribution >= 4 is 11.8 Å². The van der Waals surface area contributed by atoms with Crippen molar-refractivity contribution in [1.82, 2.24) is 0 Å². The first-order chi connectivity index (χ1) is 8.15. The molecule has 0 amide bonds. The molecule has 0 aliphatic heterocycles. The minimum absolute atomic E-state index is 0.0892. The van der Waals surface area contributed by atoms with Crippen LogP contribution in [0.25, 0.3) is 0 Å². The molecule has 17 heavy (non-hydrogen) atoms. The lowest BCUT2D eigenvalue weighted by molar-refractivity contribution is -0.150. The normalized spacial score (nSPS) is 23.1. The molecule has 0 spiro atoms. The first-order valence-corrected chi connectivity index (χ1v) is 5.87. The van der Waals surface area contributed by atoms with Crippen LogP contribution in [-0.4, -0.2) is 18.9 Å². The number of carbonyl (C=O) groups is 2. The molecule has 1 aliphatic carbocycles. The van der Waals surface area contributed by atoms with E-state index in [0.717, 1.165) is 12.0 Å². The number of hydrogen-bond donors (Lipinski definition) is 0. The summed E-state index contributed by atoms with van der Waals surface area (Å²) in [5.74, 6) is -0.492. The molecule has 1 aromatic rings. The first-order valence-electron chi connectivity index (χ1n) is 5.87. The molecular weight excluding hydrogens is 216 g/mol. The standard InChI is InChI=1S/C14H16O3/c1-3-14(13(16)17-2)9-8-10-6-4-5-7-11(10)12(14)15/h4-7H,3,8-9H2,1-2H3/t14-/m0/s1. The zero-order valence-electron chi connectivity index (χ0n) is 10.2. The topological polar surface area (TPSA) is 43.4 Å². The number of fused-ring (bicyclic) bond motifs is 1. The number of carbonyl (C=O) groups excluding carboxylic acids is 2. The van der Waals surface area contributed by atoms with Crippen LogP contribution in [0.1, 0.15) is 35.7 Å². The van der Waals surface area contributed by atoms with Gasteiger partial charge in [-0.3, -0.25) is 9.59 Å². The number of ether oxygens (including phenoxy) is 1. The van der Waals surface area contributed by atoms with E-state index in [1.54, 1.807) is 6.07 Å². The van der Waals surface area contributed by atoms with Crippen molar-refractivity contribution in [2.24, 2.45) is 5.41 Å². The smallest absolute Gasteiger partial charge is 0.319 e. The van der Waals surface area contributed by atoms with E-state index < -0.39 is 11.4 Å². The molecule has 1 aliphatic rings. The molecule has 1 aromatic carbocycles. The van der Waals surface area contributed by atoms with E-state index in [1.807, 2.05) is 25.1 Å². The molecule has 90 valence electrons. The number of aryl methyl sites for hydroxylation is 1. The van der Waals surface area contributed by atoms with E-state index in [1.165, 1.54) is 7.11 Å². The molecule has 1 atom stereocenters. The van der Waals surface area contributed by atoms with Gasteiger partial charge in [-0.1, -0.05) is 31.2 Å². The molecule has 0 saturated carbocycles. The van der Waals surface area contributed by atoms with Gasteiger partial charge in [-0.15, -0.1) is 0 Å². The second kappa shape index (κ2) is 4.32. The van der Waals surface area contributed by atoms with Crippen LogP contribution in [0, 0.1) is 5.41 Å². The van der Waals surface area contributed by atoms with Crippen molar-refractivity contribution in [2.45, 2.75) is 26.2 Å². The Morgan fingerprint density at radius 1 is 1.41 bits per heavy atom. The van der Waals surface area contributed by atoms with Crippen LogP contribution in [-0.2, 0) is 16.0 Å². The molecular formula is C14H16O3. The van der Waals surface area contributed by atoms with Gasteiger partial charge in [0.1, 0.15) is 5.41 Å². The number of rotatable bonds is 2. The second-order valence-electron chi connectivity index (χ2n) is 4.41. The van der Waals surface area contributed by atoms with Crippen LogP contribution in [0.15, 0.2) is 24.3 Å². The van der Waals surface area contributed by atoms with Crippen molar-refractivity contribution in [3.05, 3.63) is 35.4 Å². The van der Waals surface area contributed by atoms with Crippen molar-refractivity contribution in [3.63, 3.8) is 0 Å². The Hall–Kier alpha value is -1.64. The van der Waals surface area contributed by atoms with Gasteiger partial charge in [-0.25, -0.2) is 0 Å². The predicted octanol–water partition coefficient (Wildman–Crippen LogP) is 2.38. The summed E-state index contributed by atoms with van der Waals surface area (Å²) in [6.45, 7) is 1.86. The SMILES string of the molecule is CC[C@]1(C(=O)OC)CCc2ccccc2C1=O. The number of ketones is 1. The van der Waals surface area contributed by atoms with Gasteiger partial charge in [-0.2, -0.15) is 0 Å². The zero-order valence-corrected chi connectivity index (χ0v) is 10.2. The molecule has 0 radical (unpaired) electrons. The lowest BCUT2D eigenvalue weighted by Gasteiger charge is -2.33. The van der Waals surface area contributed by atoms with Crippen molar-refractivity contribution in [2.75, 3.05) is 7.11 Å². The minimum atomic E-state index is -0.969. The van der Waals surface area contributed by atoms with E-state index in [9.17, 15) is 9.59 Å².